The maximum atomic E-state index is 15.8. The molecule has 232 valence electrons. The van der Waals surface area contributed by atoms with Crippen molar-refractivity contribution in [2.45, 2.75) is 31.2 Å². The third-order valence-corrected chi connectivity index (χ3v) is 7.30. The summed E-state index contributed by atoms with van der Waals surface area (Å²) in [5.74, 6) is 0.0861. The van der Waals surface area contributed by atoms with Gasteiger partial charge in [-0.25, -0.2) is 14.0 Å². The van der Waals surface area contributed by atoms with E-state index in [9.17, 15) is 13.9 Å². The van der Waals surface area contributed by atoms with Crippen LogP contribution in [0.2, 0.25) is 0 Å². The highest BCUT2D eigenvalue weighted by Crippen LogP contribution is 2.46. The van der Waals surface area contributed by atoms with Crippen molar-refractivity contribution in [1.82, 2.24) is 29.8 Å². The van der Waals surface area contributed by atoms with Crippen LogP contribution in [-0.4, -0.2) is 34.9 Å². The van der Waals surface area contributed by atoms with E-state index in [1.54, 1.807) is 30.5 Å². The molecule has 0 spiro atoms. The number of nitrogens with one attached hydrogen (secondary N) is 1. The summed E-state index contributed by atoms with van der Waals surface area (Å²) in [6.07, 6.45) is 5.94. The van der Waals surface area contributed by atoms with Crippen LogP contribution in [0.1, 0.15) is 33.5 Å². The Morgan fingerprint density at radius 3 is 2.24 bits per heavy atom. The predicted octanol–water partition coefficient (Wildman–Crippen LogP) is 5.79. The first-order chi connectivity index (χ1) is 22.2. The van der Waals surface area contributed by atoms with Crippen LogP contribution >= 0.6 is 0 Å². The van der Waals surface area contributed by atoms with Gasteiger partial charge in [-0.2, -0.15) is 13.9 Å². The van der Waals surface area contributed by atoms with E-state index in [0.717, 1.165) is 46.5 Å². The molecule has 12 heteroatoms. The molecule has 0 saturated heterocycles. The monoisotopic (exact) mass is 626 g/mol. The molecule has 3 aromatic carbocycles. The van der Waals surface area contributed by atoms with Crippen LogP contribution in [0.4, 0.5) is 17.6 Å². The zero-order valence-electron chi connectivity index (χ0n) is 24.1. The molecule has 0 amide bonds. The van der Waals surface area contributed by atoms with Crippen LogP contribution in [0.15, 0.2) is 110 Å². The molecule has 0 saturated carbocycles. The zero-order chi connectivity index (χ0) is 32.1. The molecule has 1 unspecified atom stereocenters. The van der Waals surface area contributed by atoms with Gasteiger partial charge in [0, 0.05) is 41.3 Å². The number of aliphatic hydroxyl groups is 1. The maximum absolute atomic E-state index is 15.8. The van der Waals surface area contributed by atoms with Gasteiger partial charge in [0.15, 0.2) is 5.60 Å². The van der Waals surface area contributed by atoms with Gasteiger partial charge in [0.25, 0.3) is 0 Å². The molecule has 6 rings (SSSR count). The van der Waals surface area contributed by atoms with Crippen LogP contribution < -0.4 is 4.74 Å². The van der Waals surface area contributed by atoms with E-state index in [1.165, 1.54) is 6.07 Å². The summed E-state index contributed by atoms with van der Waals surface area (Å²) in [5, 5.41) is 21.4. The molecular weight excluding hydrogens is 600 g/mol. The third-order valence-electron chi connectivity index (χ3n) is 7.30. The van der Waals surface area contributed by atoms with E-state index in [-0.39, 0.29) is 0 Å². The Hall–Kier alpha value is -5.67. The number of nitrogens with zero attached hydrogens (tertiary/aromatic N) is 5. The lowest BCUT2D eigenvalue weighted by Crippen LogP contribution is -2.48. The second-order valence-corrected chi connectivity index (χ2v) is 10.5. The standard InChI is InChI=1S/C34H26F4N6O2/c35-28-11-14-30(31(36)18-28)33(45,22-44-23-40-42-44)34(37,38)32-15-10-25(19-39-32)3-2-24-8-12-29(13-9-24)46-21-27-6-4-26(5-7-27)20-43-17-1-16-41-43/h1,4-19,23,42,45H,20-22H2. The predicted molar refractivity (Wildman–Crippen MR) is 159 cm³/mol. The quantitative estimate of drug-likeness (QED) is 0.148. The van der Waals surface area contributed by atoms with Crippen LogP contribution in [-0.2, 0) is 31.2 Å². The summed E-state index contributed by atoms with van der Waals surface area (Å²) >= 11 is 0. The minimum absolute atomic E-state index is 0.337. The molecule has 0 fully saturated rings. The van der Waals surface area contributed by atoms with Crippen LogP contribution in [0.25, 0.3) is 0 Å². The van der Waals surface area contributed by atoms with E-state index >= 15 is 8.78 Å². The highest BCUT2D eigenvalue weighted by atomic mass is 19.3. The molecule has 3 heterocycles. The van der Waals surface area contributed by atoms with Crippen molar-refractivity contribution < 1.29 is 27.4 Å². The molecule has 0 aliphatic heterocycles. The third kappa shape index (κ3) is 6.55. The molecule has 1 atom stereocenters. The summed E-state index contributed by atoms with van der Waals surface area (Å²) in [6, 6.07) is 21.4. The first-order valence-electron chi connectivity index (χ1n) is 14.1. The molecule has 46 heavy (non-hydrogen) atoms. The first kappa shape index (κ1) is 30.4. The van der Waals surface area contributed by atoms with Crippen LogP contribution in [0, 0.1) is 23.5 Å². The molecular formula is C34H26F4N6O2. The highest BCUT2D eigenvalue weighted by molar-refractivity contribution is 5.44. The van der Waals surface area contributed by atoms with E-state index in [1.807, 2.05) is 41.2 Å². The number of pyridine rings is 1. The maximum Gasteiger partial charge on any atom is 0.323 e. The van der Waals surface area contributed by atoms with Gasteiger partial charge in [0.2, 0.25) is 0 Å². The number of alkyl halides is 2. The summed E-state index contributed by atoms with van der Waals surface area (Å²) in [4.78, 5) is 3.84. The van der Waals surface area contributed by atoms with Gasteiger partial charge in [-0.05, 0) is 65.7 Å². The van der Waals surface area contributed by atoms with E-state index in [2.05, 4.69) is 32.2 Å². The van der Waals surface area contributed by atoms with E-state index in [0.29, 0.717) is 36.1 Å². The fraction of sp³-hybridized carbons (Fsp3) is 0.147. The summed E-state index contributed by atoms with van der Waals surface area (Å²) in [5.41, 5.74) is -1.60. The molecule has 0 bridgehead atoms. The molecule has 0 radical (unpaired) electrons. The first-order valence-corrected chi connectivity index (χ1v) is 14.1. The second-order valence-electron chi connectivity index (χ2n) is 10.5. The van der Waals surface area contributed by atoms with Gasteiger partial charge >= 0.3 is 5.92 Å². The van der Waals surface area contributed by atoms with Crippen molar-refractivity contribution in [3.8, 4) is 17.6 Å². The topological polar surface area (TPSA) is 93.8 Å². The Bertz CT molecular complexity index is 1950. The van der Waals surface area contributed by atoms with Crippen molar-refractivity contribution >= 4 is 0 Å². The van der Waals surface area contributed by atoms with Crippen molar-refractivity contribution in [3.05, 3.63) is 155 Å². The molecule has 3 aromatic heterocycles. The number of aromatic nitrogens is 6. The lowest BCUT2D eigenvalue weighted by molar-refractivity contribution is -0.208. The summed E-state index contributed by atoms with van der Waals surface area (Å²) in [6.45, 7) is 0.285. The van der Waals surface area contributed by atoms with Crippen LogP contribution in [0.3, 0.4) is 0 Å². The van der Waals surface area contributed by atoms with Crippen molar-refractivity contribution in [2.75, 3.05) is 0 Å². The number of benzene rings is 3. The zero-order valence-corrected chi connectivity index (χ0v) is 24.1. The molecule has 6 aromatic rings. The summed E-state index contributed by atoms with van der Waals surface area (Å²) < 4.78 is 68.7. The number of hydrogen-bond acceptors (Lipinski definition) is 5. The molecule has 8 nitrogen and oxygen atoms in total. The number of H-pyrrole nitrogens is 1. The highest BCUT2D eigenvalue weighted by Gasteiger charge is 2.57. The lowest BCUT2D eigenvalue weighted by Gasteiger charge is -2.36. The fourth-order valence-corrected chi connectivity index (χ4v) is 4.77. The Balaban J connectivity index is 1.10. The average Bonchev–Trinajstić information content (AvgIpc) is 3.55. The van der Waals surface area contributed by atoms with E-state index in [4.69, 9.17) is 4.74 Å². The number of hydrogen-bond donors (Lipinski definition) is 2. The Labute approximate surface area is 260 Å². The fourth-order valence-electron chi connectivity index (χ4n) is 4.77. The van der Waals surface area contributed by atoms with Gasteiger partial charge in [-0.1, -0.05) is 36.1 Å². The SMILES string of the molecule is OC(Cn1cn[nH]1)(c1ccc(F)cc1F)C(F)(F)c1ccc(C#Cc2ccc(OCc3ccc(Cn4cccn4)cc3)cc2)cn1. The molecule has 0 aliphatic rings. The van der Waals surface area contributed by atoms with Gasteiger partial charge < -0.3 is 9.84 Å². The average molecular weight is 627 g/mol. The normalized spacial score (nSPS) is 12.7. The minimum atomic E-state index is -4.10. The largest absolute Gasteiger partial charge is 0.489 e. The Morgan fingerprint density at radius 2 is 1.61 bits per heavy atom. The Kier molecular flexibility index (Phi) is 8.41. The number of ether oxygens (including phenoxy) is 1. The minimum Gasteiger partial charge on any atom is -0.489 e. The lowest BCUT2D eigenvalue weighted by atomic mass is 9.84. The van der Waals surface area contributed by atoms with Crippen molar-refractivity contribution in [1.29, 1.82) is 0 Å². The van der Waals surface area contributed by atoms with Crippen molar-refractivity contribution in [2.24, 2.45) is 0 Å². The second kappa shape index (κ2) is 12.7. The smallest absolute Gasteiger partial charge is 0.323 e. The van der Waals surface area contributed by atoms with Gasteiger partial charge in [0.05, 0.1) is 13.1 Å². The number of rotatable bonds is 10. The van der Waals surface area contributed by atoms with Crippen molar-refractivity contribution in [3.63, 3.8) is 0 Å². The van der Waals surface area contributed by atoms with Gasteiger partial charge in [0.1, 0.15) is 36.0 Å². The van der Waals surface area contributed by atoms with E-state index < -0.39 is 41.0 Å². The number of aromatic amines is 1. The molecule has 2 N–H and O–H groups in total. The number of halogens is 4. The van der Waals surface area contributed by atoms with Gasteiger partial charge in [-0.3, -0.25) is 14.3 Å². The molecule has 0 aliphatic carbocycles. The Morgan fingerprint density at radius 1 is 0.891 bits per heavy atom. The van der Waals surface area contributed by atoms with Crippen LogP contribution in [0.5, 0.6) is 5.75 Å². The van der Waals surface area contributed by atoms with Gasteiger partial charge in [-0.15, -0.1) is 5.10 Å². The summed E-state index contributed by atoms with van der Waals surface area (Å²) in [7, 11) is 0.